The highest BCUT2D eigenvalue weighted by atomic mass is 32.2. The number of rotatable bonds is 3. The third-order valence-electron chi connectivity index (χ3n) is 3.47. The summed E-state index contributed by atoms with van der Waals surface area (Å²) in [6.45, 7) is 2.26. The van der Waals surface area contributed by atoms with Crippen molar-refractivity contribution in [2.75, 3.05) is 7.05 Å². The van der Waals surface area contributed by atoms with Crippen LogP contribution in [0.4, 0.5) is 4.39 Å². The maximum atomic E-state index is 13.5. The largest absolute Gasteiger partial charge is 0.317 e. The van der Waals surface area contributed by atoms with Crippen molar-refractivity contribution in [1.29, 1.82) is 0 Å². The van der Waals surface area contributed by atoms with Crippen LogP contribution in [-0.2, 0) is 0 Å². The van der Waals surface area contributed by atoms with E-state index in [9.17, 15) is 4.39 Å². The first-order chi connectivity index (χ1) is 7.72. The smallest absolute Gasteiger partial charge is 0.136 e. The summed E-state index contributed by atoms with van der Waals surface area (Å²) in [5, 5.41) is 3.87. The number of nitrogens with one attached hydrogen (secondary N) is 1. The van der Waals surface area contributed by atoms with Crippen LogP contribution in [0.3, 0.4) is 0 Å². The SMILES string of the molecule is CNC1CCC(Sc2ccccc2F)C1C. The first-order valence-electron chi connectivity index (χ1n) is 5.81. The molecule has 1 nitrogen and oxygen atoms in total. The molecule has 2 rings (SSSR count). The number of hydrogen-bond acceptors (Lipinski definition) is 2. The Bertz CT molecular complexity index is 356. The van der Waals surface area contributed by atoms with Crippen LogP contribution in [0, 0.1) is 11.7 Å². The van der Waals surface area contributed by atoms with Crippen molar-refractivity contribution in [3.8, 4) is 0 Å². The van der Waals surface area contributed by atoms with Gasteiger partial charge in [-0.3, -0.25) is 0 Å². The molecule has 0 saturated heterocycles. The lowest BCUT2D eigenvalue weighted by Crippen LogP contribution is -2.30. The van der Waals surface area contributed by atoms with Crippen molar-refractivity contribution in [3.05, 3.63) is 30.1 Å². The van der Waals surface area contributed by atoms with Crippen LogP contribution in [0.15, 0.2) is 29.2 Å². The van der Waals surface area contributed by atoms with E-state index in [2.05, 4.69) is 12.2 Å². The molecule has 0 radical (unpaired) electrons. The van der Waals surface area contributed by atoms with E-state index in [4.69, 9.17) is 0 Å². The molecule has 1 fully saturated rings. The number of hydrogen-bond donors (Lipinski definition) is 1. The predicted octanol–water partition coefficient (Wildman–Crippen LogP) is 3.30. The summed E-state index contributed by atoms with van der Waals surface area (Å²) in [7, 11) is 2.01. The van der Waals surface area contributed by atoms with Gasteiger partial charge in [-0.2, -0.15) is 0 Å². The Labute approximate surface area is 101 Å². The molecule has 0 bridgehead atoms. The van der Waals surface area contributed by atoms with E-state index >= 15 is 0 Å². The van der Waals surface area contributed by atoms with E-state index < -0.39 is 0 Å². The normalized spacial score (nSPS) is 29.6. The lowest BCUT2D eigenvalue weighted by atomic mass is 10.1. The topological polar surface area (TPSA) is 12.0 Å². The molecular formula is C13H18FNS. The molecule has 0 aromatic heterocycles. The number of halogens is 1. The lowest BCUT2D eigenvalue weighted by Gasteiger charge is -2.20. The number of thioether (sulfide) groups is 1. The standard InChI is InChI=1S/C13H18FNS/c1-9-11(15-2)7-8-12(9)16-13-6-4-3-5-10(13)14/h3-6,9,11-12,15H,7-8H2,1-2H3. The van der Waals surface area contributed by atoms with Gasteiger partial charge in [-0.1, -0.05) is 19.1 Å². The molecule has 0 aliphatic heterocycles. The van der Waals surface area contributed by atoms with Gasteiger partial charge in [0.25, 0.3) is 0 Å². The van der Waals surface area contributed by atoms with Crippen molar-refractivity contribution in [2.24, 2.45) is 5.92 Å². The van der Waals surface area contributed by atoms with E-state index in [0.717, 1.165) is 4.90 Å². The first kappa shape index (κ1) is 11.9. The fourth-order valence-electron chi connectivity index (χ4n) is 2.41. The second-order valence-electron chi connectivity index (χ2n) is 4.42. The minimum atomic E-state index is -0.0902. The van der Waals surface area contributed by atoms with Crippen molar-refractivity contribution in [2.45, 2.75) is 36.0 Å². The Kier molecular flexibility index (Phi) is 3.87. The Morgan fingerprint density at radius 1 is 1.31 bits per heavy atom. The van der Waals surface area contributed by atoms with Crippen LogP contribution < -0.4 is 5.32 Å². The zero-order valence-electron chi connectivity index (χ0n) is 9.74. The Hall–Kier alpha value is -0.540. The summed E-state index contributed by atoms with van der Waals surface area (Å²) < 4.78 is 13.5. The molecule has 0 spiro atoms. The maximum Gasteiger partial charge on any atom is 0.136 e. The molecule has 1 aromatic rings. The molecule has 0 heterocycles. The third-order valence-corrected chi connectivity index (χ3v) is 5.02. The molecule has 0 amide bonds. The predicted molar refractivity (Wildman–Crippen MR) is 67.3 cm³/mol. The van der Waals surface area contributed by atoms with E-state index in [0.29, 0.717) is 17.2 Å². The fourth-order valence-corrected chi connectivity index (χ4v) is 3.73. The molecule has 1 aliphatic rings. The molecule has 1 saturated carbocycles. The van der Waals surface area contributed by atoms with Crippen LogP contribution in [0.25, 0.3) is 0 Å². The van der Waals surface area contributed by atoms with Gasteiger partial charge in [0.15, 0.2) is 0 Å². The Morgan fingerprint density at radius 3 is 2.69 bits per heavy atom. The summed E-state index contributed by atoms with van der Waals surface area (Å²) >= 11 is 1.69. The monoisotopic (exact) mass is 239 g/mol. The van der Waals surface area contributed by atoms with Gasteiger partial charge in [-0.05, 0) is 37.9 Å². The second kappa shape index (κ2) is 5.19. The summed E-state index contributed by atoms with van der Waals surface area (Å²) in [5.41, 5.74) is 0. The summed E-state index contributed by atoms with van der Waals surface area (Å²) in [6.07, 6.45) is 2.37. The fraction of sp³-hybridized carbons (Fsp3) is 0.538. The summed E-state index contributed by atoms with van der Waals surface area (Å²) in [4.78, 5) is 0.788. The molecular weight excluding hydrogens is 221 g/mol. The van der Waals surface area contributed by atoms with Crippen molar-refractivity contribution >= 4 is 11.8 Å². The third kappa shape index (κ3) is 2.41. The highest BCUT2D eigenvalue weighted by molar-refractivity contribution is 8.00. The molecule has 16 heavy (non-hydrogen) atoms. The van der Waals surface area contributed by atoms with E-state index in [1.807, 2.05) is 19.2 Å². The van der Waals surface area contributed by atoms with Crippen LogP contribution in [0.2, 0.25) is 0 Å². The van der Waals surface area contributed by atoms with Gasteiger partial charge >= 0.3 is 0 Å². The average Bonchev–Trinajstić information content (AvgIpc) is 2.63. The summed E-state index contributed by atoms with van der Waals surface area (Å²) in [6, 6.07) is 7.65. The van der Waals surface area contributed by atoms with Crippen molar-refractivity contribution in [1.82, 2.24) is 5.32 Å². The quantitative estimate of drug-likeness (QED) is 0.868. The van der Waals surface area contributed by atoms with Gasteiger partial charge in [0, 0.05) is 16.2 Å². The van der Waals surface area contributed by atoms with E-state index in [-0.39, 0.29) is 5.82 Å². The van der Waals surface area contributed by atoms with Gasteiger partial charge in [-0.25, -0.2) is 4.39 Å². The van der Waals surface area contributed by atoms with Crippen LogP contribution >= 0.6 is 11.8 Å². The molecule has 1 N–H and O–H groups in total. The first-order valence-corrected chi connectivity index (χ1v) is 6.69. The highest BCUT2D eigenvalue weighted by Gasteiger charge is 2.32. The average molecular weight is 239 g/mol. The number of benzene rings is 1. The van der Waals surface area contributed by atoms with Gasteiger partial charge in [0.2, 0.25) is 0 Å². The molecule has 3 atom stereocenters. The molecule has 3 unspecified atom stereocenters. The lowest BCUT2D eigenvalue weighted by molar-refractivity contribution is 0.463. The van der Waals surface area contributed by atoms with Gasteiger partial charge in [0.1, 0.15) is 5.82 Å². The minimum absolute atomic E-state index is 0.0902. The zero-order chi connectivity index (χ0) is 11.5. The Balaban J connectivity index is 2.04. The second-order valence-corrected chi connectivity index (χ2v) is 5.70. The van der Waals surface area contributed by atoms with Crippen LogP contribution in [-0.4, -0.2) is 18.3 Å². The Morgan fingerprint density at radius 2 is 2.06 bits per heavy atom. The minimum Gasteiger partial charge on any atom is -0.317 e. The molecule has 88 valence electrons. The summed E-state index contributed by atoms with van der Waals surface area (Å²) in [5.74, 6) is 0.516. The van der Waals surface area contributed by atoms with Gasteiger partial charge in [0.05, 0.1) is 0 Å². The van der Waals surface area contributed by atoms with Crippen LogP contribution in [0.5, 0.6) is 0 Å². The van der Waals surface area contributed by atoms with Crippen molar-refractivity contribution < 1.29 is 4.39 Å². The van der Waals surface area contributed by atoms with Gasteiger partial charge < -0.3 is 5.32 Å². The van der Waals surface area contributed by atoms with Gasteiger partial charge in [-0.15, -0.1) is 11.8 Å². The molecule has 1 aromatic carbocycles. The van der Waals surface area contributed by atoms with E-state index in [1.54, 1.807) is 17.8 Å². The molecule has 1 aliphatic carbocycles. The maximum absolute atomic E-state index is 13.5. The van der Waals surface area contributed by atoms with Crippen LogP contribution in [0.1, 0.15) is 19.8 Å². The molecule has 3 heteroatoms. The highest BCUT2D eigenvalue weighted by Crippen LogP contribution is 2.39. The zero-order valence-corrected chi connectivity index (χ0v) is 10.6. The van der Waals surface area contributed by atoms with E-state index in [1.165, 1.54) is 18.9 Å². The van der Waals surface area contributed by atoms with Crippen molar-refractivity contribution in [3.63, 3.8) is 0 Å².